The predicted octanol–water partition coefficient (Wildman–Crippen LogP) is 2.71. The Kier molecular flexibility index (Phi) is 4.70. The average molecular weight is 335 g/mol. The number of ether oxygens (including phenoxy) is 1. The first-order chi connectivity index (χ1) is 12.4. The molecule has 1 aromatic carbocycles. The van der Waals surface area contributed by atoms with E-state index in [1.165, 1.54) is 0 Å². The van der Waals surface area contributed by atoms with Crippen molar-refractivity contribution in [1.29, 1.82) is 0 Å². The summed E-state index contributed by atoms with van der Waals surface area (Å²) >= 11 is 0. The molecule has 1 fully saturated rings. The summed E-state index contributed by atoms with van der Waals surface area (Å²) in [5, 5.41) is 4.69. The van der Waals surface area contributed by atoms with Crippen LogP contribution in [0.4, 0.5) is 0 Å². The summed E-state index contributed by atoms with van der Waals surface area (Å²) in [7, 11) is 0. The van der Waals surface area contributed by atoms with Gasteiger partial charge in [-0.25, -0.2) is 9.67 Å². The van der Waals surface area contributed by atoms with E-state index in [9.17, 15) is 0 Å². The van der Waals surface area contributed by atoms with Crippen molar-refractivity contribution in [3.05, 3.63) is 66.9 Å². The van der Waals surface area contributed by atoms with Crippen molar-refractivity contribution in [2.75, 3.05) is 13.1 Å². The van der Waals surface area contributed by atoms with Gasteiger partial charge in [-0.15, -0.1) is 0 Å². The van der Waals surface area contributed by atoms with Crippen molar-refractivity contribution < 1.29 is 4.74 Å². The molecule has 25 heavy (non-hydrogen) atoms. The second-order valence-corrected chi connectivity index (χ2v) is 6.22. The lowest BCUT2D eigenvalue weighted by atomic mass is 10.1. The van der Waals surface area contributed by atoms with Gasteiger partial charge in [0.2, 0.25) is 5.88 Å². The number of para-hydroxylation sites is 1. The van der Waals surface area contributed by atoms with Gasteiger partial charge in [0.1, 0.15) is 6.10 Å². The van der Waals surface area contributed by atoms with Gasteiger partial charge in [0.15, 0.2) is 0 Å². The Morgan fingerprint density at radius 3 is 2.64 bits per heavy atom. The molecular formula is C19H21N5O. The zero-order valence-corrected chi connectivity index (χ0v) is 14.0. The summed E-state index contributed by atoms with van der Waals surface area (Å²) in [5.74, 6) is 0.613. The van der Waals surface area contributed by atoms with Crippen LogP contribution in [0.1, 0.15) is 18.5 Å². The number of piperidine rings is 1. The number of likely N-dealkylation sites (tertiary alicyclic amines) is 1. The fourth-order valence-electron chi connectivity index (χ4n) is 3.10. The molecule has 6 heteroatoms. The summed E-state index contributed by atoms with van der Waals surface area (Å²) in [6.45, 7) is 2.88. The number of hydrogen-bond acceptors (Lipinski definition) is 5. The molecular weight excluding hydrogens is 314 g/mol. The quantitative estimate of drug-likeness (QED) is 0.717. The number of hydrogen-bond donors (Lipinski definition) is 0. The predicted molar refractivity (Wildman–Crippen MR) is 94.5 cm³/mol. The molecule has 1 aliphatic rings. The van der Waals surface area contributed by atoms with E-state index in [0.717, 1.165) is 43.9 Å². The minimum absolute atomic E-state index is 0.217. The van der Waals surface area contributed by atoms with Crippen molar-refractivity contribution in [3.8, 4) is 11.6 Å². The van der Waals surface area contributed by atoms with Crippen LogP contribution < -0.4 is 4.74 Å². The van der Waals surface area contributed by atoms with Gasteiger partial charge in [0.05, 0.1) is 17.6 Å². The molecule has 3 aromatic rings. The van der Waals surface area contributed by atoms with E-state index in [-0.39, 0.29) is 6.10 Å². The Bertz CT molecular complexity index is 782. The van der Waals surface area contributed by atoms with Gasteiger partial charge in [0.25, 0.3) is 0 Å². The Morgan fingerprint density at radius 1 is 1.04 bits per heavy atom. The maximum Gasteiger partial charge on any atom is 0.232 e. The monoisotopic (exact) mass is 335 g/mol. The number of rotatable bonds is 5. The minimum atomic E-state index is 0.217. The summed E-state index contributed by atoms with van der Waals surface area (Å²) in [4.78, 5) is 10.6. The van der Waals surface area contributed by atoms with E-state index >= 15 is 0 Å². The van der Waals surface area contributed by atoms with Crippen molar-refractivity contribution >= 4 is 0 Å². The first-order valence-electron chi connectivity index (χ1n) is 8.62. The van der Waals surface area contributed by atoms with E-state index in [4.69, 9.17) is 4.74 Å². The Hall–Kier alpha value is -2.73. The molecule has 3 heterocycles. The molecule has 2 aromatic heterocycles. The Balaban J connectivity index is 1.30. The van der Waals surface area contributed by atoms with Gasteiger partial charge < -0.3 is 4.74 Å². The smallest absolute Gasteiger partial charge is 0.232 e. The molecule has 0 spiro atoms. The van der Waals surface area contributed by atoms with Crippen molar-refractivity contribution in [1.82, 2.24) is 24.6 Å². The van der Waals surface area contributed by atoms with Crippen LogP contribution in [0.3, 0.4) is 0 Å². The van der Waals surface area contributed by atoms with Crippen LogP contribution in [0.15, 0.2) is 61.2 Å². The SMILES string of the molecule is c1ccc(-n2ccc(CN3CCC(Oc4cnccn4)CC3)n2)cc1. The lowest BCUT2D eigenvalue weighted by molar-refractivity contribution is 0.0922. The zero-order valence-electron chi connectivity index (χ0n) is 14.0. The molecule has 0 amide bonds. The largest absolute Gasteiger partial charge is 0.473 e. The van der Waals surface area contributed by atoms with Gasteiger partial charge in [-0.05, 0) is 31.0 Å². The van der Waals surface area contributed by atoms with Crippen molar-refractivity contribution in [2.45, 2.75) is 25.5 Å². The summed E-state index contributed by atoms with van der Waals surface area (Å²) in [6, 6.07) is 12.3. The number of nitrogens with zero attached hydrogens (tertiary/aromatic N) is 5. The molecule has 0 unspecified atom stereocenters. The maximum atomic E-state index is 5.90. The summed E-state index contributed by atoms with van der Waals surface area (Å²) in [5.41, 5.74) is 2.18. The van der Waals surface area contributed by atoms with Crippen LogP contribution in [0.5, 0.6) is 5.88 Å². The lowest BCUT2D eigenvalue weighted by Crippen LogP contribution is -2.38. The molecule has 0 bridgehead atoms. The molecule has 1 aliphatic heterocycles. The molecule has 128 valence electrons. The fourth-order valence-corrected chi connectivity index (χ4v) is 3.10. The molecule has 6 nitrogen and oxygen atoms in total. The second-order valence-electron chi connectivity index (χ2n) is 6.22. The molecule has 1 saturated heterocycles. The van der Waals surface area contributed by atoms with Crippen LogP contribution >= 0.6 is 0 Å². The van der Waals surface area contributed by atoms with Crippen LogP contribution in [0.2, 0.25) is 0 Å². The van der Waals surface area contributed by atoms with Gasteiger partial charge >= 0.3 is 0 Å². The molecule has 0 saturated carbocycles. The minimum Gasteiger partial charge on any atom is -0.473 e. The number of benzene rings is 1. The van der Waals surface area contributed by atoms with Gasteiger partial charge in [-0.3, -0.25) is 9.88 Å². The summed E-state index contributed by atoms with van der Waals surface area (Å²) < 4.78 is 7.83. The normalized spacial score (nSPS) is 16.0. The third-order valence-electron chi connectivity index (χ3n) is 4.41. The molecule has 0 radical (unpaired) electrons. The van der Waals surface area contributed by atoms with Gasteiger partial charge in [-0.1, -0.05) is 18.2 Å². The van der Waals surface area contributed by atoms with Crippen molar-refractivity contribution in [2.24, 2.45) is 0 Å². The van der Waals surface area contributed by atoms with E-state index in [2.05, 4.69) is 38.2 Å². The molecule has 0 N–H and O–H groups in total. The Morgan fingerprint density at radius 2 is 1.88 bits per heavy atom. The van der Waals surface area contributed by atoms with Crippen LogP contribution in [-0.2, 0) is 6.54 Å². The van der Waals surface area contributed by atoms with E-state index in [1.807, 2.05) is 29.1 Å². The molecule has 4 rings (SSSR count). The molecule has 0 atom stereocenters. The topological polar surface area (TPSA) is 56.1 Å². The van der Waals surface area contributed by atoms with Crippen LogP contribution in [0.25, 0.3) is 5.69 Å². The average Bonchev–Trinajstić information content (AvgIpc) is 3.14. The maximum absolute atomic E-state index is 5.90. The first-order valence-corrected chi connectivity index (χ1v) is 8.62. The van der Waals surface area contributed by atoms with E-state index in [1.54, 1.807) is 18.6 Å². The second kappa shape index (κ2) is 7.44. The highest BCUT2D eigenvalue weighted by Crippen LogP contribution is 2.18. The van der Waals surface area contributed by atoms with Crippen molar-refractivity contribution in [3.63, 3.8) is 0 Å². The van der Waals surface area contributed by atoms with Gasteiger partial charge in [-0.2, -0.15) is 5.10 Å². The van der Waals surface area contributed by atoms with Gasteiger partial charge in [0, 0.05) is 38.2 Å². The molecule has 0 aliphatic carbocycles. The standard InChI is InChI=1S/C19H21N5O/c1-2-4-17(5-3-1)24-13-6-16(22-24)15-23-11-7-18(8-12-23)25-19-14-20-9-10-21-19/h1-6,9-10,13-14,18H,7-8,11-12,15H2. The highest BCUT2D eigenvalue weighted by atomic mass is 16.5. The lowest BCUT2D eigenvalue weighted by Gasteiger charge is -2.31. The summed E-state index contributed by atoms with van der Waals surface area (Å²) in [6.07, 6.45) is 9.22. The Labute approximate surface area is 147 Å². The fraction of sp³-hybridized carbons (Fsp3) is 0.316. The van der Waals surface area contributed by atoms with E-state index in [0.29, 0.717) is 5.88 Å². The zero-order chi connectivity index (χ0) is 16.9. The van der Waals surface area contributed by atoms with Crippen LogP contribution in [-0.4, -0.2) is 43.8 Å². The highest BCUT2D eigenvalue weighted by Gasteiger charge is 2.21. The third-order valence-corrected chi connectivity index (χ3v) is 4.41. The third kappa shape index (κ3) is 4.03. The van der Waals surface area contributed by atoms with E-state index < -0.39 is 0 Å². The van der Waals surface area contributed by atoms with Crippen LogP contribution in [0, 0.1) is 0 Å². The first kappa shape index (κ1) is 15.8. The number of aromatic nitrogens is 4. The highest BCUT2D eigenvalue weighted by molar-refractivity contribution is 5.30.